The van der Waals surface area contributed by atoms with E-state index < -0.39 is 11.9 Å². The third-order valence-corrected chi connectivity index (χ3v) is 7.73. The van der Waals surface area contributed by atoms with Gasteiger partial charge in [0, 0.05) is 36.7 Å². The third-order valence-electron chi connectivity index (χ3n) is 7.73. The molecule has 0 aromatic heterocycles. The molecule has 3 aliphatic rings. The SMILES string of the molecule is N#Cc1ccc(CN[C@H]2CCCC[C@@H]2Cc2ccc3c(c2)CN(C2CCC(=O)NC2=O)C3=O)c(F)c1. The molecule has 2 aromatic carbocycles. The number of rotatable bonds is 6. The van der Waals surface area contributed by atoms with Gasteiger partial charge in [-0.3, -0.25) is 19.7 Å². The van der Waals surface area contributed by atoms with Crippen molar-refractivity contribution in [3.63, 3.8) is 0 Å². The number of amides is 3. The van der Waals surface area contributed by atoms with Gasteiger partial charge in [0.2, 0.25) is 11.8 Å². The van der Waals surface area contributed by atoms with Gasteiger partial charge >= 0.3 is 0 Å². The number of halogens is 1. The summed E-state index contributed by atoms with van der Waals surface area (Å²) >= 11 is 0. The predicted molar refractivity (Wildman–Crippen MR) is 130 cm³/mol. The Morgan fingerprint density at radius 3 is 2.69 bits per heavy atom. The van der Waals surface area contributed by atoms with E-state index in [0.29, 0.717) is 42.1 Å². The molecule has 1 aliphatic carbocycles. The monoisotopic (exact) mass is 488 g/mol. The number of fused-ring (bicyclic) bond motifs is 1. The maximum atomic E-state index is 14.3. The fourth-order valence-corrected chi connectivity index (χ4v) is 5.78. The number of carbonyl (C=O) groups excluding carboxylic acids is 3. The Labute approximate surface area is 209 Å². The highest BCUT2D eigenvalue weighted by Crippen LogP contribution is 2.32. The van der Waals surface area contributed by atoms with Crippen LogP contribution in [0, 0.1) is 23.1 Å². The van der Waals surface area contributed by atoms with E-state index >= 15 is 0 Å². The Morgan fingerprint density at radius 2 is 1.92 bits per heavy atom. The fourth-order valence-electron chi connectivity index (χ4n) is 5.78. The summed E-state index contributed by atoms with van der Waals surface area (Å²) < 4.78 is 14.3. The van der Waals surface area contributed by atoms with Crippen molar-refractivity contribution in [1.29, 1.82) is 5.26 Å². The van der Waals surface area contributed by atoms with E-state index in [2.05, 4.69) is 16.7 Å². The molecule has 2 N–H and O–H groups in total. The molecule has 3 amide bonds. The summed E-state index contributed by atoms with van der Waals surface area (Å²) in [7, 11) is 0. The quantitative estimate of drug-likeness (QED) is 0.607. The number of nitrogens with zero attached hydrogens (tertiary/aromatic N) is 2. The summed E-state index contributed by atoms with van der Waals surface area (Å²) in [5, 5.41) is 14.8. The Hall–Kier alpha value is -3.57. The van der Waals surface area contributed by atoms with Gasteiger partial charge in [0.05, 0.1) is 11.6 Å². The van der Waals surface area contributed by atoms with Crippen LogP contribution in [-0.2, 0) is 29.1 Å². The maximum absolute atomic E-state index is 14.3. The van der Waals surface area contributed by atoms with Crippen molar-refractivity contribution in [2.75, 3.05) is 0 Å². The van der Waals surface area contributed by atoms with Gasteiger partial charge < -0.3 is 10.2 Å². The van der Waals surface area contributed by atoms with E-state index in [1.165, 1.54) is 6.07 Å². The molecule has 2 aromatic rings. The lowest BCUT2D eigenvalue weighted by molar-refractivity contribution is -0.136. The largest absolute Gasteiger partial charge is 0.322 e. The number of hydrogen-bond donors (Lipinski definition) is 2. The molecular formula is C28H29FN4O3. The molecule has 2 aliphatic heterocycles. The number of benzene rings is 2. The molecule has 0 bridgehead atoms. The highest BCUT2D eigenvalue weighted by Gasteiger charge is 2.39. The second-order valence-electron chi connectivity index (χ2n) is 10.0. The summed E-state index contributed by atoms with van der Waals surface area (Å²) in [5.74, 6) is -0.824. The normalized spacial score (nSPS) is 23.8. The summed E-state index contributed by atoms with van der Waals surface area (Å²) in [6.07, 6.45) is 5.83. The van der Waals surface area contributed by atoms with Crippen LogP contribution in [0.3, 0.4) is 0 Å². The first-order valence-electron chi connectivity index (χ1n) is 12.6. The van der Waals surface area contributed by atoms with Crippen molar-refractivity contribution in [3.05, 3.63) is 70.0 Å². The lowest BCUT2D eigenvalue weighted by Crippen LogP contribution is -2.52. The summed E-state index contributed by atoms with van der Waals surface area (Å²) in [6.45, 7) is 0.789. The third kappa shape index (κ3) is 4.89. The molecule has 1 saturated carbocycles. The first-order valence-corrected chi connectivity index (χ1v) is 12.6. The molecule has 0 spiro atoms. The van der Waals surface area contributed by atoms with Crippen LogP contribution >= 0.6 is 0 Å². The zero-order valence-electron chi connectivity index (χ0n) is 20.1. The number of nitriles is 1. The lowest BCUT2D eigenvalue weighted by Gasteiger charge is -2.33. The number of piperidine rings is 1. The molecule has 186 valence electrons. The van der Waals surface area contributed by atoms with E-state index in [-0.39, 0.29) is 30.1 Å². The van der Waals surface area contributed by atoms with Crippen LogP contribution in [0.15, 0.2) is 36.4 Å². The molecule has 8 heteroatoms. The first kappa shape index (κ1) is 24.1. The fraction of sp³-hybridized carbons (Fsp3) is 0.429. The van der Waals surface area contributed by atoms with Gasteiger partial charge in [-0.05, 0) is 60.9 Å². The van der Waals surface area contributed by atoms with Crippen molar-refractivity contribution in [3.8, 4) is 6.07 Å². The summed E-state index contributed by atoms with van der Waals surface area (Å²) in [5.41, 5.74) is 3.57. The molecule has 3 atom stereocenters. The molecule has 1 unspecified atom stereocenters. The molecule has 2 heterocycles. The lowest BCUT2D eigenvalue weighted by atomic mass is 9.80. The van der Waals surface area contributed by atoms with E-state index in [9.17, 15) is 18.8 Å². The number of carbonyl (C=O) groups is 3. The van der Waals surface area contributed by atoms with Crippen molar-refractivity contribution >= 4 is 17.7 Å². The number of hydrogen-bond acceptors (Lipinski definition) is 5. The molecule has 2 fully saturated rings. The van der Waals surface area contributed by atoms with Gasteiger partial charge in [0.1, 0.15) is 11.9 Å². The zero-order chi connectivity index (χ0) is 25.2. The summed E-state index contributed by atoms with van der Waals surface area (Å²) in [4.78, 5) is 38.3. The Kier molecular flexibility index (Phi) is 6.84. The maximum Gasteiger partial charge on any atom is 0.255 e. The average molecular weight is 489 g/mol. The Morgan fingerprint density at radius 1 is 1.08 bits per heavy atom. The van der Waals surface area contributed by atoms with Gasteiger partial charge in [0.25, 0.3) is 5.91 Å². The second kappa shape index (κ2) is 10.2. The minimum Gasteiger partial charge on any atom is -0.322 e. The minimum absolute atomic E-state index is 0.160. The van der Waals surface area contributed by atoms with Crippen LogP contribution in [-0.4, -0.2) is 34.7 Å². The highest BCUT2D eigenvalue weighted by molar-refractivity contribution is 6.05. The molecular weight excluding hydrogens is 459 g/mol. The molecule has 0 radical (unpaired) electrons. The Bertz CT molecular complexity index is 1250. The van der Waals surface area contributed by atoms with Crippen LogP contribution in [0.4, 0.5) is 4.39 Å². The number of nitrogens with one attached hydrogen (secondary N) is 2. The van der Waals surface area contributed by atoms with E-state index in [1.54, 1.807) is 17.0 Å². The van der Waals surface area contributed by atoms with Crippen molar-refractivity contribution < 1.29 is 18.8 Å². The van der Waals surface area contributed by atoms with Crippen molar-refractivity contribution in [2.45, 2.75) is 70.1 Å². The predicted octanol–water partition coefficient (Wildman–Crippen LogP) is 3.35. The highest BCUT2D eigenvalue weighted by atomic mass is 19.1. The molecule has 7 nitrogen and oxygen atoms in total. The minimum atomic E-state index is -0.611. The molecule has 1 saturated heterocycles. The zero-order valence-corrected chi connectivity index (χ0v) is 20.1. The van der Waals surface area contributed by atoms with E-state index in [1.807, 2.05) is 18.2 Å². The van der Waals surface area contributed by atoms with Crippen molar-refractivity contribution in [1.82, 2.24) is 15.5 Å². The van der Waals surface area contributed by atoms with E-state index in [0.717, 1.165) is 43.2 Å². The van der Waals surface area contributed by atoms with Crippen molar-refractivity contribution in [2.24, 2.45) is 5.92 Å². The van der Waals surface area contributed by atoms with Gasteiger partial charge in [0.15, 0.2) is 0 Å². The number of imide groups is 1. The van der Waals surface area contributed by atoms with Crippen LogP contribution in [0.1, 0.15) is 71.1 Å². The topological polar surface area (TPSA) is 102 Å². The van der Waals surface area contributed by atoms with Crippen LogP contribution in [0.25, 0.3) is 0 Å². The Balaban J connectivity index is 1.25. The molecule has 5 rings (SSSR count). The molecule has 36 heavy (non-hydrogen) atoms. The van der Waals surface area contributed by atoms with Crippen LogP contribution in [0.5, 0.6) is 0 Å². The average Bonchev–Trinajstić information content (AvgIpc) is 3.19. The van der Waals surface area contributed by atoms with Gasteiger partial charge in [-0.1, -0.05) is 31.0 Å². The second-order valence-corrected chi connectivity index (χ2v) is 10.0. The standard InChI is InChI=1S/C28H29FN4O3/c29-23-13-18(14-30)5-7-20(23)15-31-24-4-2-1-3-19(24)11-17-6-8-22-21(12-17)16-33(28(22)36)25-9-10-26(34)32-27(25)35/h5-8,12-13,19,24-25,31H,1-4,9-11,15-16H2,(H,32,34,35)/t19-,24+,25?/m1/s1. The smallest absolute Gasteiger partial charge is 0.255 e. The van der Waals surface area contributed by atoms with Crippen LogP contribution < -0.4 is 10.6 Å². The summed E-state index contributed by atoms with van der Waals surface area (Å²) in [6, 6.07) is 12.1. The van der Waals surface area contributed by atoms with Crippen LogP contribution in [0.2, 0.25) is 0 Å². The van der Waals surface area contributed by atoms with E-state index in [4.69, 9.17) is 5.26 Å². The van der Waals surface area contributed by atoms with Gasteiger partial charge in [-0.25, -0.2) is 4.39 Å². The van der Waals surface area contributed by atoms with Gasteiger partial charge in [-0.2, -0.15) is 5.26 Å². The first-order chi connectivity index (χ1) is 17.4. The van der Waals surface area contributed by atoms with Gasteiger partial charge in [-0.15, -0.1) is 0 Å².